The molecule has 3 unspecified atom stereocenters. The predicted molar refractivity (Wildman–Crippen MR) is 101 cm³/mol. The van der Waals surface area contributed by atoms with E-state index in [4.69, 9.17) is 9.47 Å². The Bertz CT molecular complexity index is 811. The Hall–Kier alpha value is -2.64. The zero-order valence-corrected chi connectivity index (χ0v) is 15.6. The van der Waals surface area contributed by atoms with E-state index in [1.165, 1.54) is 31.4 Å². The number of carbonyl (C=O) groups is 2. The van der Waals surface area contributed by atoms with E-state index in [-0.39, 0.29) is 23.7 Å². The molecular weight excluding hydrogens is 364 g/mol. The van der Waals surface area contributed by atoms with Gasteiger partial charge in [-0.2, -0.15) is 0 Å². The average Bonchev–Trinajstić information content (AvgIpc) is 3.10. The van der Waals surface area contributed by atoms with E-state index in [0.717, 1.165) is 12.8 Å². The minimum atomic E-state index is -1.54. The van der Waals surface area contributed by atoms with Crippen LogP contribution in [-0.4, -0.2) is 52.5 Å². The maximum absolute atomic E-state index is 12.8. The minimum Gasteiger partial charge on any atom is -0.507 e. The van der Waals surface area contributed by atoms with Crippen LogP contribution in [0.15, 0.2) is 30.4 Å². The summed E-state index contributed by atoms with van der Waals surface area (Å²) >= 11 is 0. The van der Waals surface area contributed by atoms with Crippen LogP contribution in [0.1, 0.15) is 41.6 Å². The topological polar surface area (TPSA) is 113 Å². The second-order valence-electron chi connectivity index (χ2n) is 7.06. The SMILES string of the molecule is COc1cc(O)c2c(c1)/C=C/CC(O)C(O)C(=O)/C=C\C1CCC[C@H]1OC2=O. The van der Waals surface area contributed by atoms with Gasteiger partial charge in [-0.1, -0.05) is 18.2 Å². The number of ether oxygens (including phenoxy) is 2. The Morgan fingerprint density at radius 3 is 2.68 bits per heavy atom. The number of hydrogen-bond donors (Lipinski definition) is 3. The number of phenols is 1. The van der Waals surface area contributed by atoms with Gasteiger partial charge in [-0.25, -0.2) is 4.79 Å². The lowest BCUT2D eigenvalue weighted by atomic mass is 9.99. The number of aliphatic hydroxyl groups is 2. The monoisotopic (exact) mass is 388 g/mol. The number of carbonyl (C=O) groups excluding carboxylic acids is 2. The summed E-state index contributed by atoms with van der Waals surface area (Å²) in [5.41, 5.74) is 0.367. The minimum absolute atomic E-state index is 0.00912. The zero-order chi connectivity index (χ0) is 20.3. The number of hydrogen-bond acceptors (Lipinski definition) is 7. The van der Waals surface area contributed by atoms with Crippen LogP contribution in [-0.2, 0) is 9.53 Å². The van der Waals surface area contributed by atoms with Crippen LogP contribution in [0, 0.1) is 5.92 Å². The third kappa shape index (κ3) is 4.26. The Labute approximate surface area is 162 Å². The third-order valence-corrected chi connectivity index (χ3v) is 5.16. The first-order valence-corrected chi connectivity index (χ1v) is 9.27. The van der Waals surface area contributed by atoms with Crippen molar-refractivity contribution in [3.8, 4) is 11.5 Å². The second kappa shape index (κ2) is 8.58. The summed E-state index contributed by atoms with van der Waals surface area (Å²) in [7, 11) is 1.44. The van der Waals surface area contributed by atoms with Gasteiger partial charge in [0.05, 0.1) is 13.2 Å². The molecule has 4 atom stereocenters. The molecule has 1 aliphatic heterocycles. The highest BCUT2D eigenvalue weighted by Crippen LogP contribution is 2.34. The number of fused-ring (bicyclic) bond motifs is 2. The molecule has 150 valence electrons. The number of benzene rings is 1. The van der Waals surface area contributed by atoms with E-state index >= 15 is 0 Å². The molecule has 2 aliphatic rings. The van der Waals surface area contributed by atoms with Gasteiger partial charge in [0.2, 0.25) is 0 Å². The number of esters is 1. The Morgan fingerprint density at radius 1 is 1.14 bits per heavy atom. The van der Waals surface area contributed by atoms with Gasteiger partial charge in [0.25, 0.3) is 0 Å². The van der Waals surface area contributed by atoms with Crippen LogP contribution >= 0.6 is 0 Å². The molecule has 0 amide bonds. The molecule has 1 fully saturated rings. The molecule has 1 aliphatic carbocycles. The first-order chi connectivity index (χ1) is 13.4. The fraction of sp³-hybridized carbons (Fsp3) is 0.429. The molecular formula is C21H24O7. The average molecular weight is 388 g/mol. The quantitative estimate of drug-likeness (QED) is 0.631. The van der Waals surface area contributed by atoms with E-state index in [0.29, 0.717) is 17.7 Å². The molecule has 0 saturated heterocycles. The third-order valence-electron chi connectivity index (χ3n) is 5.16. The van der Waals surface area contributed by atoms with Gasteiger partial charge < -0.3 is 24.8 Å². The molecule has 1 aromatic carbocycles. The fourth-order valence-corrected chi connectivity index (χ4v) is 3.58. The van der Waals surface area contributed by atoms with Crippen LogP contribution in [0.25, 0.3) is 6.08 Å². The predicted octanol–water partition coefficient (Wildman–Crippen LogP) is 1.99. The van der Waals surface area contributed by atoms with Gasteiger partial charge >= 0.3 is 5.97 Å². The Balaban J connectivity index is 2.03. The zero-order valence-electron chi connectivity index (χ0n) is 15.6. The molecule has 3 N–H and O–H groups in total. The van der Waals surface area contributed by atoms with Gasteiger partial charge in [-0.05, 0) is 43.4 Å². The maximum atomic E-state index is 12.8. The summed E-state index contributed by atoms with van der Waals surface area (Å²) < 4.78 is 10.8. The van der Waals surface area contributed by atoms with E-state index in [1.54, 1.807) is 12.1 Å². The Morgan fingerprint density at radius 2 is 1.93 bits per heavy atom. The molecule has 0 aromatic heterocycles. The van der Waals surface area contributed by atoms with Crippen molar-refractivity contribution in [3.63, 3.8) is 0 Å². The molecule has 1 aromatic rings. The van der Waals surface area contributed by atoms with Crippen molar-refractivity contribution in [2.75, 3.05) is 7.11 Å². The van der Waals surface area contributed by atoms with E-state index in [2.05, 4.69) is 0 Å². The maximum Gasteiger partial charge on any atom is 0.342 e. The number of aromatic hydroxyl groups is 1. The number of ketones is 1. The summed E-state index contributed by atoms with van der Waals surface area (Å²) in [6, 6.07) is 2.90. The number of aliphatic hydroxyl groups excluding tert-OH is 2. The van der Waals surface area contributed by atoms with Gasteiger partial charge in [0.15, 0.2) is 5.78 Å². The van der Waals surface area contributed by atoms with Crippen molar-refractivity contribution in [3.05, 3.63) is 41.5 Å². The van der Waals surface area contributed by atoms with Gasteiger partial charge in [0.1, 0.15) is 29.3 Å². The highest BCUT2D eigenvalue weighted by molar-refractivity contribution is 5.97. The number of rotatable bonds is 1. The molecule has 7 heteroatoms. The molecule has 1 saturated carbocycles. The molecule has 0 bridgehead atoms. The van der Waals surface area contributed by atoms with Crippen molar-refractivity contribution in [2.24, 2.45) is 5.92 Å². The summed E-state index contributed by atoms with van der Waals surface area (Å²) in [5.74, 6) is -1.33. The molecule has 28 heavy (non-hydrogen) atoms. The van der Waals surface area contributed by atoms with Gasteiger partial charge in [0, 0.05) is 12.0 Å². The van der Waals surface area contributed by atoms with Crippen LogP contribution in [0.2, 0.25) is 0 Å². The highest BCUT2D eigenvalue weighted by Gasteiger charge is 2.31. The second-order valence-corrected chi connectivity index (χ2v) is 7.06. The fourth-order valence-electron chi connectivity index (χ4n) is 3.58. The normalized spacial score (nSPS) is 30.5. The lowest BCUT2D eigenvalue weighted by Crippen LogP contribution is -2.32. The molecule has 3 rings (SSSR count). The number of phenolic OH excluding ortho intramolecular Hbond substituents is 1. The summed E-state index contributed by atoms with van der Waals surface area (Å²) in [4.78, 5) is 24.9. The van der Waals surface area contributed by atoms with E-state index < -0.39 is 30.1 Å². The van der Waals surface area contributed by atoms with Crippen molar-refractivity contribution < 1.29 is 34.4 Å². The van der Waals surface area contributed by atoms with Crippen molar-refractivity contribution in [2.45, 2.75) is 44.0 Å². The summed E-state index contributed by atoms with van der Waals surface area (Å²) in [6.45, 7) is 0. The van der Waals surface area contributed by atoms with Crippen molar-refractivity contribution in [1.29, 1.82) is 0 Å². The number of methoxy groups -OCH3 is 1. The van der Waals surface area contributed by atoms with E-state index in [1.807, 2.05) is 0 Å². The summed E-state index contributed by atoms with van der Waals surface area (Å²) in [6.07, 6.45) is 4.84. The van der Waals surface area contributed by atoms with Crippen LogP contribution in [0.5, 0.6) is 11.5 Å². The first-order valence-electron chi connectivity index (χ1n) is 9.27. The summed E-state index contributed by atoms with van der Waals surface area (Å²) in [5, 5.41) is 30.5. The van der Waals surface area contributed by atoms with Gasteiger partial charge in [-0.3, -0.25) is 4.79 Å². The standard InChI is InChI=1S/C21H24O7/c1-27-14-10-13-5-2-6-15(22)20(25)16(23)9-8-12-4-3-7-18(12)28-21(26)19(13)17(24)11-14/h2,5,8-12,15,18,20,22,24-25H,3-4,6-7H2,1H3/b5-2+,9-8-/t12?,15?,18-,20?/m1/s1. The van der Waals surface area contributed by atoms with Crippen LogP contribution in [0.4, 0.5) is 0 Å². The highest BCUT2D eigenvalue weighted by atomic mass is 16.5. The van der Waals surface area contributed by atoms with Crippen LogP contribution in [0.3, 0.4) is 0 Å². The lowest BCUT2D eigenvalue weighted by molar-refractivity contribution is -0.127. The lowest BCUT2D eigenvalue weighted by Gasteiger charge is -2.20. The van der Waals surface area contributed by atoms with Crippen LogP contribution < -0.4 is 4.74 Å². The largest absolute Gasteiger partial charge is 0.507 e. The molecule has 7 nitrogen and oxygen atoms in total. The molecule has 0 radical (unpaired) electrons. The van der Waals surface area contributed by atoms with E-state index in [9.17, 15) is 24.9 Å². The molecule has 1 heterocycles. The van der Waals surface area contributed by atoms with Crippen molar-refractivity contribution >= 4 is 17.8 Å². The first kappa shape index (κ1) is 20.1. The Kier molecular flexibility index (Phi) is 6.16. The van der Waals surface area contributed by atoms with Gasteiger partial charge in [-0.15, -0.1) is 0 Å². The van der Waals surface area contributed by atoms with Crippen molar-refractivity contribution in [1.82, 2.24) is 0 Å². The smallest absolute Gasteiger partial charge is 0.342 e. The molecule has 0 spiro atoms.